The number of hydrogen-bond acceptors (Lipinski definition) is 4. The molecule has 0 aliphatic rings. The number of nitrogens with two attached hydrogens (primary N) is 1. The van der Waals surface area contributed by atoms with Crippen molar-refractivity contribution in [2.45, 2.75) is 13.5 Å². The molecule has 0 fully saturated rings. The van der Waals surface area contributed by atoms with Gasteiger partial charge in [-0.1, -0.05) is 30.3 Å². The van der Waals surface area contributed by atoms with E-state index in [1.165, 1.54) is 0 Å². The number of nitrogens with one attached hydrogen (secondary N) is 1. The van der Waals surface area contributed by atoms with E-state index in [-0.39, 0.29) is 5.91 Å². The Labute approximate surface area is 132 Å². The lowest BCUT2D eigenvalue weighted by Crippen LogP contribution is -2.31. The summed E-state index contributed by atoms with van der Waals surface area (Å²) >= 11 is 3.33. The second kappa shape index (κ2) is 7.19. The van der Waals surface area contributed by atoms with Gasteiger partial charge in [0.05, 0.1) is 5.56 Å². The van der Waals surface area contributed by atoms with Gasteiger partial charge in [0, 0.05) is 23.8 Å². The molecule has 0 saturated heterocycles. The van der Waals surface area contributed by atoms with Gasteiger partial charge in [0.2, 0.25) is 0 Å². The van der Waals surface area contributed by atoms with Crippen molar-refractivity contribution in [1.29, 1.82) is 0 Å². The molecule has 1 amide bonds. The first-order valence-electron chi connectivity index (χ1n) is 6.61. The standard InChI is InChI=1S/C15H17BrN4O/c1-2-20(10-11-6-4-3-5-7-11)15(21)13-8-12(16)9-18-14(13)19-17/h3-9H,2,10,17H2,1H3,(H,18,19). The number of hydrogen-bond donors (Lipinski definition) is 2. The van der Waals surface area contributed by atoms with E-state index in [4.69, 9.17) is 5.84 Å². The van der Waals surface area contributed by atoms with Crippen molar-refractivity contribution in [2.75, 3.05) is 12.0 Å². The summed E-state index contributed by atoms with van der Waals surface area (Å²) in [7, 11) is 0. The van der Waals surface area contributed by atoms with Crippen molar-refractivity contribution in [3.05, 3.63) is 58.2 Å². The number of aromatic nitrogens is 1. The number of carbonyl (C=O) groups is 1. The van der Waals surface area contributed by atoms with Crippen molar-refractivity contribution < 1.29 is 4.79 Å². The topological polar surface area (TPSA) is 71.2 Å². The number of nitrogens with zero attached hydrogens (tertiary/aromatic N) is 2. The molecule has 0 aliphatic carbocycles. The summed E-state index contributed by atoms with van der Waals surface area (Å²) in [6.07, 6.45) is 1.60. The number of nitrogen functional groups attached to an aromatic ring is 1. The summed E-state index contributed by atoms with van der Waals surface area (Å²) < 4.78 is 0.737. The van der Waals surface area contributed by atoms with Crippen LogP contribution in [0.2, 0.25) is 0 Å². The fourth-order valence-corrected chi connectivity index (χ4v) is 2.35. The maximum atomic E-state index is 12.7. The average molecular weight is 349 g/mol. The van der Waals surface area contributed by atoms with Gasteiger partial charge < -0.3 is 10.3 Å². The summed E-state index contributed by atoms with van der Waals surface area (Å²) in [4.78, 5) is 18.5. The van der Waals surface area contributed by atoms with Crippen LogP contribution in [0.3, 0.4) is 0 Å². The van der Waals surface area contributed by atoms with E-state index in [1.54, 1.807) is 17.2 Å². The highest BCUT2D eigenvalue weighted by atomic mass is 79.9. The number of anilines is 1. The Morgan fingerprint density at radius 2 is 2.10 bits per heavy atom. The number of benzene rings is 1. The number of pyridine rings is 1. The van der Waals surface area contributed by atoms with E-state index >= 15 is 0 Å². The van der Waals surface area contributed by atoms with Crippen LogP contribution in [0.15, 0.2) is 47.1 Å². The number of carbonyl (C=O) groups excluding carboxylic acids is 1. The summed E-state index contributed by atoms with van der Waals surface area (Å²) in [5, 5.41) is 0. The number of amides is 1. The predicted octanol–water partition coefficient (Wildman–Crippen LogP) is 2.79. The molecule has 0 radical (unpaired) electrons. The van der Waals surface area contributed by atoms with Crippen molar-refractivity contribution in [3.63, 3.8) is 0 Å². The zero-order valence-electron chi connectivity index (χ0n) is 11.7. The molecule has 0 aliphatic heterocycles. The number of hydrazine groups is 1. The maximum absolute atomic E-state index is 12.7. The van der Waals surface area contributed by atoms with Crippen LogP contribution < -0.4 is 11.3 Å². The number of halogens is 1. The third kappa shape index (κ3) is 3.80. The highest BCUT2D eigenvalue weighted by molar-refractivity contribution is 9.10. The molecule has 110 valence electrons. The van der Waals surface area contributed by atoms with E-state index in [9.17, 15) is 4.79 Å². The Hall–Kier alpha value is -1.92. The minimum atomic E-state index is -0.108. The van der Waals surface area contributed by atoms with Crippen molar-refractivity contribution >= 4 is 27.7 Å². The minimum absolute atomic E-state index is 0.108. The third-order valence-corrected chi connectivity index (χ3v) is 3.54. The van der Waals surface area contributed by atoms with Crippen LogP contribution in [0.25, 0.3) is 0 Å². The molecule has 21 heavy (non-hydrogen) atoms. The van der Waals surface area contributed by atoms with Crippen LogP contribution in [0.5, 0.6) is 0 Å². The Morgan fingerprint density at radius 1 is 1.38 bits per heavy atom. The molecule has 6 heteroatoms. The summed E-state index contributed by atoms with van der Waals surface area (Å²) in [6, 6.07) is 11.6. The van der Waals surface area contributed by atoms with Gasteiger partial charge in [0.15, 0.2) is 5.82 Å². The molecule has 1 heterocycles. The third-order valence-electron chi connectivity index (χ3n) is 3.11. The molecule has 0 spiro atoms. The molecular formula is C15H17BrN4O. The Morgan fingerprint density at radius 3 is 2.71 bits per heavy atom. The van der Waals surface area contributed by atoms with Gasteiger partial charge in [0.1, 0.15) is 0 Å². The zero-order valence-corrected chi connectivity index (χ0v) is 13.3. The molecule has 5 nitrogen and oxygen atoms in total. The van der Waals surface area contributed by atoms with Gasteiger partial charge in [-0.3, -0.25) is 4.79 Å². The van der Waals surface area contributed by atoms with Crippen LogP contribution in [0.4, 0.5) is 5.82 Å². The Balaban J connectivity index is 2.26. The summed E-state index contributed by atoms with van der Waals surface area (Å²) in [5.74, 6) is 5.70. The van der Waals surface area contributed by atoms with Gasteiger partial charge in [-0.25, -0.2) is 10.8 Å². The highest BCUT2D eigenvalue weighted by Gasteiger charge is 2.19. The first-order chi connectivity index (χ1) is 10.2. The first kappa shape index (κ1) is 15.5. The maximum Gasteiger partial charge on any atom is 0.257 e. The smallest absolute Gasteiger partial charge is 0.257 e. The van der Waals surface area contributed by atoms with Gasteiger partial charge >= 0.3 is 0 Å². The van der Waals surface area contributed by atoms with Crippen LogP contribution in [-0.2, 0) is 6.54 Å². The molecule has 2 aromatic rings. The molecule has 1 aromatic heterocycles. The highest BCUT2D eigenvalue weighted by Crippen LogP contribution is 2.20. The van der Waals surface area contributed by atoms with Gasteiger partial charge in [0.25, 0.3) is 5.91 Å². The van der Waals surface area contributed by atoms with Crippen molar-refractivity contribution in [1.82, 2.24) is 9.88 Å². The molecule has 2 rings (SSSR count). The fraction of sp³-hybridized carbons (Fsp3) is 0.200. The van der Waals surface area contributed by atoms with Crippen LogP contribution in [0, 0.1) is 0 Å². The van der Waals surface area contributed by atoms with Gasteiger partial charge in [-0.15, -0.1) is 0 Å². The predicted molar refractivity (Wildman–Crippen MR) is 86.6 cm³/mol. The lowest BCUT2D eigenvalue weighted by Gasteiger charge is -2.22. The molecule has 0 atom stereocenters. The average Bonchev–Trinajstić information content (AvgIpc) is 2.53. The quantitative estimate of drug-likeness (QED) is 0.643. The summed E-state index contributed by atoms with van der Waals surface area (Å²) in [6.45, 7) is 3.10. The lowest BCUT2D eigenvalue weighted by molar-refractivity contribution is 0.0753. The van der Waals surface area contributed by atoms with E-state index in [2.05, 4.69) is 26.3 Å². The Bertz CT molecular complexity index is 618. The van der Waals surface area contributed by atoms with Crippen molar-refractivity contribution in [2.24, 2.45) is 5.84 Å². The largest absolute Gasteiger partial charge is 0.334 e. The van der Waals surface area contributed by atoms with E-state index in [0.717, 1.165) is 10.0 Å². The lowest BCUT2D eigenvalue weighted by atomic mass is 10.1. The van der Waals surface area contributed by atoms with Crippen LogP contribution in [0.1, 0.15) is 22.8 Å². The summed E-state index contributed by atoms with van der Waals surface area (Å²) in [5.41, 5.74) is 4.00. The van der Waals surface area contributed by atoms with E-state index in [0.29, 0.717) is 24.5 Å². The second-order valence-electron chi connectivity index (χ2n) is 4.50. The van der Waals surface area contributed by atoms with E-state index < -0.39 is 0 Å². The molecule has 0 unspecified atom stereocenters. The molecule has 0 saturated carbocycles. The molecule has 3 N–H and O–H groups in total. The van der Waals surface area contributed by atoms with Crippen molar-refractivity contribution in [3.8, 4) is 0 Å². The SMILES string of the molecule is CCN(Cc1ccccc1)C(=O)c1cc(Br)cnc1NN. The molecular weight excluding hydrogens is 332 g/mol. The van der Waals surface area contributed by atoms with Crippen LogP contribution in [-0.4, -0.2) is 22.3 Å². The molecule has 1 aromatic carbocycles. The van der Waals surface area contributed by atoms with Gasteiger partial charge in [-0.2, -0.15) is 0 Å². The monoisotopic (exact) mass is 348 g/mol. The van der Waals surface area contributed by atoms with Crippen LogP contribution >= 0.6 is 15.9 Å². The first-order valence-corrected chi connectivity index (χ1v) is 7.40. The molecule has 0 bridgehead atoms. The Kier molecular flexibility index (Phi) is 5.30. The number of rotatable bonds is 5. The van der Waals surface area contributed by atoms with Gasteiger partial charge in [-0.05, 0) is 34.5 Å². The fourth-order valence-electron chi connectivity index (χ4n) is 2.02. The minimum Gasteiger partial charge on any atom is -0.334 e. The van der Waals surface area contributed by atoms with E-state index in [1.807, 2.05) is 37.3 Å². The second-order valence-corrected chi connectivity index (χ2v) is 5.41. The normalized spacial score (nSPS) is 10.2. The zero-order chi connectivity index (χ0) is 15.2.